The van der Waals surface area contributed by atoms with Crippen molar-refractivity contribution in [3.05, 3.63) is 41.2 Å². The van der Waals surface area contributed by atoms with E-state index in [9.17, 15) is 4.79 Å². The lowest BCUT2D eigenvalue weighted by atomic mass is 10.2. The average Bonchev–Trinajstić information content (AvgIpc) is 3.33. The predicted octanol–water partition coefficient (Wildman–Crippen LogP) is 1.68. The highest BCUT2D eigenvalue weighted by molar-refractivity contribution is 5.94. The highest BCUT2D eigenvalue weighted by atomic mass is 16.5. The summed E-state index contributed by atoms with van der Waals surface area (Å²) in [5.41, 5.74) is 2.28. The molecular formula is C17H23N5O2. The number of rotatable bonds is 7. The Hall–Kier alpha value is -2.28. The first kappa shape index (κ1) is 16.6. The van der Waals surface area contributed by atoms with Gasteiger partial charge in [-0.05, 0) is 19.8 Å². The molecular weight excluding hydrogens is 306 g/mol. The minimum absolute atomic E-state index is 0.0734. The van der Waals surface area contributed by atoms with Gasteiger partial charge in [-0.2, -0.15) is 5.10 Å². The molecule has 24 heavy (non-hydrogen) atoms. The van der Waals surface area contributed by atoms with Gasteiger partial charge in [0.15, 0.2) is 0 Å². The molecule has 1 saturated carbocycles. The molecule has 0 bridgehead atoms. The molecule has 0 spiro atoms. The zero-order valence-electron chi connectivity index (χ0n) is 14.4. The molecule has 1 aliphatic rings. The summed E-state index contributed by atoms with van der Waals surface area (Å²) in [6.07, 6.45) is 7.64. The lowest BCUT2D eigenvalue weighted by molar-refractivity contribution is 0.0678. The number of nitrogens with zero attached hydrogens (tertiary/aromatic N) is 5. The van der Waals surface area contributed by atoms with E-state index in [-0.39, 0.29) is 5.91 Å². The van der Waals surface area contributed by atoms with Crippen molar-refractivity contribution in [2.24, 2.45) is 7.05 Å². The predicted molar refractivity (Wildman–Crippen MR) is 88.6 cm³/mol. The molecule has 1 aliphatic carbocycles. The third-order valence-corrected chi connectivity index (χ3v) is 4.16. The summed E-state index contributed by atoms with van der Waals surface area (Å²) in [4.78, 5) is 23.6. The molecule has 0 unspecified atom stereocenters. The first-order valence-electron chi connectivity index (χ1n) is 8.17. The Kier molecular flexibility index (Phi) is 4.89. The fraction of sp³-hybridized carbons (Fsp3) is 0.529. The highest BCUT2D eigenvalue weighted by Crippen LogP contribution is 2.37. The van der Waals surface area contributed by atoms with Crippen LogP contribution in [-0.2, 0) is 18.3 Å². The Balaban J connectivity index is 1.79. The van der Waals surface area contributed by atoms with Crippen LogP contribution in [0.5, 0.6) is 0 Å². The molecule has 0 N–H and O–H groups in total. The maximum absolute atomic E-state index is 12.9. The number of carbonyl (C=O) groups is 1. The van der Waals surface area contributed by atoms with Crippen molar-refractivity contribution >= 4 is 5.91 Å². The van der Waals surface area contributed by atoms with Crippen LogP contribution in [0, 0.1) is 6.92 Å². The van der Waals surface area contributed by atoms with Crippen LogP contribution >= 0.6 is 0 Å². The lowest BCUT2D eigenvalue weighted by Crippen LogP contribution is -2.34. The molecule has 0 aromatic carbocycles. The smallest absolute Gasteiger partial charge is 0.257 e. The van der Waals surface area contributed by atoms with Crippen molar-refractivity contribution in [2.75, 3.05) is 20.3 Å². The quantitative estimate of drug-likeness (QED) is 0.773. The summed E-state index contributed by atoms with van der Waals surface area (Å²) in [5.74, 6) is 1.27. The minimum atomic E-state index is -0.0734. The summed E-state index contributed by atoms with van der Waals surface area (Å²) in [5, 5.41) is 4.16. The highest BCUT2D eigenvalue weighted by Gasteiger charge is 2.28. The molecule has 2 aromatic rings. The van der Waals surface area contributed by atoms with Crippen molar-refractivity contribution in [1.82, 2.24) is 24.6 Å². The van der Waals surface area contributed by atoms with Gasteiger partial charge in [0.25, 0.3) is 5.91 Å². The number of aromatic nitrogens is 4. The van der Waals surface area contributed by atoms with Gasteiger partial charge in [0.05, 0.1) is 24.1 Å². The minimum Gasteiger partial charge on any atom is -0.383 e. The van der Waals surface area contributed by atoms with Crippen LogP contribution < -0.4 is 0 Å². The second kappa shape index (κ2) is 7.09. The number of hydrogen-bond acceptors (Lipinski definition) is 5. The van der Waals surface area contributed by atoms with Crippen LogP contribution in [0.4, 0.5) is 0 Å². The van der Waals surface area contributed by atoms with Gasteiger partial charge < -0.3 is 9.64 Å². The van der Waals surface area contributed by atoms with E-state index < -0.39 is 0 Å². The van der Waals surface area contributed by atoms with Crippen molar-refractivity contribution in [3.63, 3.8) is 0 Å². The van der Waals surface area contributed by atoms with Gasteiger partial charge in [0.2, 0.25) is 0 Å². The molecule has 7 heteroatoms. The van der Waals surface area contributed by atoms with Gasteiger partial charge in [-0.3, -0.25) is 9.48 Å². The fourth-order valence-corrected chi connectivity index (χ4v) is 2.63. The van der Waals surface area contributed by atoms with Crippen LogP contribution in [0.25, 0.3) is 0 Å². The van der Waals surface area contributed by atoms with E-state index in [0.717, 1.165) is 29.9 Å². The van der Waals surface area contributed by atoms with Gasteiger partial charge in [0.1, 0.15) is 5.82 Å². The van der Waals surface area contributed by atoms with E-state index in [4.69, 9.17) is 4.74 Å². The summed E-state index contributed by atoms with van der Waals surface area (Å²) in [6, 6.07) is 0. The monoisotopic (exact) mass is 329 g/mol. The number of amides is 1. The van der Waals surface area contributed by atoms with E-state index in [1.807, 2.05) is 20.2 Å². The van der Waals surface area contributed by atoms with Crippen molar-refractivity contribution < 1.29 is 9.53 Å². The van der Waals surface area contributed by atoms with Gasteiger partial charge in [-0.1, -0.05) is 0 Å². The molecule has 128 valence electrons. The van der Waals surface area contributed by atoms with Crippen LogP contribution in [0.3, 0.4) is 0 Å². The van der Waals surface area contributed by atoms with Gasteiger partial charge in [-0.25, -0.2) is 9.97 Å². The number of ether oxygens (including phenoxy) is 1. The molecule has 7 nitrogen and oxygen atoms in total. The summed E-state index contributed by atoms with van der Waals surface area (Å²) in [7, 11) is 3.49. The Bertz CT molecular complexity index is 724. The molecule has 0 atom stereocenters. The molecule has 2 aromatic heterocycles. The topological polar surface area (TPSA) is 73.1 Å². The van der Waals surface area contributed by atoms with E-state index in [1.165, 1.54) is 0 Å². The van der Waals surface area contributed by atoms with Crippen LogP contribution in [0.2, 0.25) is 0 Å². The molecule has 0 aliphatic heterocycles. The normalized spacial score (nSPS) is 14.0. The number of methoxy groups -OCH3 is 1. The van der Waals surface area contributed by atoms with E-state index >= 15 is 0 Å². The van der Waals surface area contributed by atoms with Crippen LogP contribution in [0.15, 0.2) is 18.6 Å². The molecule has 0 saturated heterocycles. The zero-order valence-corrected chi connectivity index (χ0v) is 14.4. The summed E-state index contributed by atoms with van der Waals surface area (Å²) in [6.45, 7) is 3.35. The van der Waals surface area contributed by atoms with E-state index in [0.29, 0.717) is 31.2 Å². The maximum atomic E-state index is 12.9. The standard InChI is InChI=1S/C17H23N5O2/c1-12-15(9-18-16(20-12)14-4-5-14)17(23)22(6-7-24-3)11-13-8-19-21(2)10-13/h8-10,14H,4-7,11H2,1-3H3. The van der Waals surface area contributed by atoms with Crippen molar-refractivity contribution in [3.8, 4) is 0 Å². The molecule has 2 heterocycles. The fourth-order valence-electron chi connectivity index (χ4n) is 2.63. The third-order valence-electron chi connectivity index (χ3n) is 4.16. The lowest BCUT2D eigenvalue weighted by Gasteiger charge is -2.22. The third kappa shape index (κ3) is 3.79. The largest absolute Gasteiger partial charge is 0.383 e. The summed E-state index contributed by atoms with van der Waals surface area (Å²) < 4.78 is 6.87. The van der Waals surface area contributed by atoms with E-state index in [2.05, 4.69) is 15.1 Å². The number of carbonyl (C=O) groups excluding carboxylic acids is 1. The Morgan fingerprint density at radius 1 is 1.42 bits per heavy atom. The molecule has 0 radical (unpaired) electrons. The molecule has 3 rings (SSSR count). The summed E-state index contributed by atoms with van der Waals surface area (Å²) >= 11 is 0. The second-order valence-corrected chi connectivity index (χ2v) is 6.24. The Labute approximate surface area is 141 Å². The van der Waals surface area contributed by atoms with Crippen LogP contribution in [0.1, 0.15) is 46.2 Å². The van der Waals surface area contributed by atoms with Crippen molar-refractivity contribution in [1.29, 1.82) is 0 Å². The van der Waals surface area contributed by atoms with Gasteiger partial charge in [-0.15, -0.1) is 0 Å². The van der Waals surface area contributed by atoms with Gasteiger partial charge in [0, 0.05) is 51.1 Å². The zero-order chi connectivity index (χ0) is 17.1. The number of hydrogen-bond donors (Lipinski definition) is 0. The second-order valence-electron chi connectivity index (χ2n) is 6.24. The van der Waals surface area contributed by atoms with E-state index in [1.54, 1.807) is 29.1 Å². The average molecular weight is 329 g/mol. The molecule has 1 fully saturated rings. The number of aryl methyl sites for hydroxylation is 2. The van der Waals surface area contributed by atoms with Crippen LogP contribution in [-0.4, -0.2) is 50.8 Å². The van der Waals surface area contributed by atoms with Gasteiger partial charge >= 0.3 is 0 Å². The van der Waals surface area contributed by atoms with Crippen molar-refractivity contribution in [2.45, 2.75) is 32.2 Å². The SMILES string of the molecule is COCCN(Cc1cnn(C)c1)C(=O)c1cnc(C2CC2)nc1C. The maximum Gasteiger partial charge on any atom is 0.257 e. The Morgan fingerprint density at radius 2 is 2.21 bits per heavy atom. The first-order chi connectivity index (χ1) is 11.6. The molecule has 1 amide bonds. The Morgan fingerprint density at radius 3 is 2.79 bits per heavy atom. The first-order valence-corrected chi connectivity index (χ1v) is 8.17.